The van der Waals surface area contributed by atoms with Crippen LogP contribution in [0.5, 0.6) is 0 Å². The number of nitrogens with one attached hydrogen (secondary N) is 1. The van der Waals surface area contributed by atoms with Crippen molar-refractivity contribution < 1.29 is 0 Å². The second kappa shape index (κ2) is 8.10. The molecule has 108 valence electrons. The predicted octanol–water partition coefficient (Wildman–Crippen LogP) is 2.85. The molecule has 1 unspecified atom stereocenters. The Balaban J connectivity index is 2.60. The van der Waals surface area contributed by atoms with Crippen molar-refractivity contribution in [1.82, 2.24) is 15.3 Å². The van der Waals surface area contributed by atoms with Crippen LogP contribution < -0.4 is 10.2 Å². The van der Waals surface area contributed by atoms with Crippen LogP contribution in [-0.4, -0.2) is 29.6 Å². The number of aromatic nitrogens is 2. The summed E-state index contributed by atoms with van der Waals surface area (Å²) in [6.45, 7) is 10.6. The van der Waals surface area contributed by atoms with E-state index >= 15 is 0 Å². The lowest BCUT2D eigenvalue weighted by Gasteiger charge is -2.25. The SMILES string of the molecule is CCCC(C)N(C)c1cncc(CNCC(C)C)n1. The molecule has 0 aromatic carbocycles. The first-order valence-electron chi connectivity index (χ1n) is 7.29. The lowest BCUT2D eigenvalue weighted by molar-refractivity contribution is 0.546. The van der Waals surface area contributed by atoms with Crippen molar-refractivity contribution in [3.8, 4) is 0 Å². The summed E-state index contributed by atoms with van der Waals surface area (Å²) < 4.78 is 0. The van der Waals surface area contributed by atoms with Gasteiger partial charge >= 0.3 is 0 Å². The van der Waals surface area contributed by atoms with Gasteiger partial charge in [-0.2, -0.15) is 0 Å². The lowest BCUT2D eigenvalue weighted by Crippen LogP contribution is -2.30. The lowest BCUT2D eigenvalue weighted by atomic mass is 10.2. The molecule has 4 heteroatoms. The standard InChI is InChI=1S/C15H28N4/c1-6-7-13(4)19(5)15-11-17-10-14(18-15)9-16-8-12(2)3/h10-13,16H,6-9H2,1-5H3. The number of rotatable bonds is 8. The monoisotopic (exact) mass is 264 g/mol. The average Bonchev–Trinajstić information content (AvgIpc) is 2.38. The van der Waals surface area contributed by atoms with Crippen molar-refractivity contribution in [3.05, 3.63) is 18.1 Å². The number of nitrogens with zero attached hydrogens (tertiary/aromatic N) is 3. The smallest absolute Gasteiger partial charge is 0.147 e. The summed E-state index contributed by atoms with van der Waals surface area (Å²) >= 11 is 0. The Bertz CT molecular complexity index is 365. The van der Waals surface area contributed by atoms with Gasteiger partial charge in [0.1, 0.15) is 5.82 Å². The first-order chi connectivity index (χ1) is 9.04. The highest BCUT2D eigenvalue weighted by Crippen LogP contribution is 2.14. The molecule has 4 nitrogen and oxygen atoms in total. The van der Waals surface area contributed by atoms with Gasteiger partial charge in [-0.05, 0) is 25.8 Å². The largest absolute Gasteiger partial charge is 0.356 e. The number of hydrogen-bond acceptors (Lipinski definition) is 4. The van der Waals surface area contributed by atoms with Gasteiger partial charge in [-0.25, -0.2) is 4.98 Å². The van der Waals surface area contributed by atoms with Gasteiger partial charge in [-0.15, -0.1) is 0 Å². The van der Waals surface area contributed by atoms with Crippen LogP contribution in [0.1, 0.15) is 46.2 Å². The highest BCUT2D eigenvalue weighted by molar-refractivity contribution is 5.36. The normalized spacial score (nSPS) is 12.7. The van der Waals surface area contributed by atoms with Gasteiger partial charge in [0.25, 0.3) is 0 Å². The molecule has 0 aliphatic heterocycles. The molecule has 0 aliphatic rings. The van der Waals surface area contributed by atoms with Crippen LogP contribution in [0.15, 0.2) is 12.4 Å². The van der Waals surface area contributed by atoms with E-state index in [0.29, 0.717) is 12.0 Å². The maximum Gasteiger partial charge on any atom is 0.147 e. The molecule has 0 fully saturated rings. The van der Waals surface area contributed by atoms with Crippen LogP contribution in [0, 0.1) is 5.92 Å². The van der Waals surface area contributed by atoms with Crippen LogP contribution in [0.4, 0.5) is 5.82 Å². The zero-order valence-corrected chi connectivity index (χ0v) is 13.0. The summed E-state index contributed by atoms with van der Waals surface area (Å²) in [7, 11) is 2.09. The summed E-state index contributed by atoms with van der Waals surface area (Å²) in [5.41, 5.74) is 1.01. The molecule has 1 aromatic rings. The van der Waals surface area contributed by atoms with Crippen LogP contribution in [0.3, 0.4) is 0 Å². The molecule has 0 saturated carbocycles. The van der Waals surface area contributed by atoms with Gasteiger partial charge in [0.2, 0.25) is 0 Å². The molecule has 0 spiro atoms. The maximum absolute atomic E-state index is 4.67. The minimum Gasteiger partial charge on any atom is -0.356 e. The molecule has 1 atom stereocenters. The van der Waals surface area contributed by atoms with Crippen LogP contribution in [0.2, 0.25) is 0 Å². The summed E-state index contributed by atoms with van der Waals surface area (Å²) in [6.07, 6.45) is 6.05. The first kappa shape index (κ1) is 15.9. The van der Waals surface area contributed by atoms with Crippen molar-refractivity contribution in [2.24, 2.45) is 5.92 Å². The van der Waals surface area contributed by atoms with Gasteiger partial charge in [0.15, 0.2) is 0 Å². The van der Waals surface area contributed by atoms with Crippen molar-refractivity contribution >= 4 is 5.82 Å². The third-order valence-electron chi connectivity index (χ3n) is 3.26. The summed E-state index contributed by atoms with van der Waals surface area (Å²) in [5, 5.41) is 3.40. The highest BCUT2D eigenvalue weighted by atomic mass is 15.2. The Morgan fingerprint density at radius 1 is 1.26 bits per heavy atom. The van der Waals surface area contributed by atoms with Crippen LogP contribution >= 0.6 is 0 Å². The van der Waals surface area contributed by atoms with E-state index < -0.39 is 0 Å². The van der Waals surface area contributed by atoms with Gasteiger partial charge in [0.05, 0.1) is 11.9 Å². The van der Waals surface area contributed by atoms with Crippen molar-refractivity contribution in [1.29, 1.82) is 0 Å². The molecule has 0 aliphatic carbocycles. The topological polar surface area (TPSA) is 41.1 Å². The molecule has 0 saturated heterocycles. The van der Waals surface area contributed by atoms with Gasteiger partial charge < -0.3 is 10.2 Å². The van der Waals surface area contributed by atoms with E-state index in [1.165, 1.54) is 12.8 Å². The Labute approximate surface area is 117 Å². The van der Waals surface area contributed by atoms with Gasteiger partial charge in [-0.1, -0.05) is 27.2 Å². The second-order valence-corrected chi connectivity index (χ2v) is 5.64. The summed E-state index contributed by atoms with van der Waals surface area (Å²) in [5.74, 6) is 1.62. The Hall–Kier alpha value is -1.16. The molecular weight excluding hydrogens is 236 g/mol. The van der Waals surface area contributed by atoms with Crippen molar-refractivity contribution in [2.75, 3.05) is 18.5 Å². The Morgan fingerprint density at radius 3 is 2.63 bits per heavy atom. The van der Waals surface area contributed by atoms with E-state index in [2.05, 4.69) is 54.9 Å². The molecule has 1 heterocycles. The third kappa shape index (κ3) is 5.55. The molecular formula is C15H28N4. The van der Waals surface area contributed by atoms with Gasteiger partial charge in [0, 0.05) is 25.8 Å². The molecule has 1 N–H and O–H groups in total. The zero-order chi connectivity index (χ0) is 14.3. The van der Waals surface area contributed by atoms with E-state index in [0.717, 1.165) is 24.6 Å². The van der Waals surface area contributed by atoms with E-state index in [9.17, 15) is 0 Å². The summed E-state index contributed by atoms with van der Waals surface area (Å²) in [6, 6.07) is 0.498. The van der Waals surface area contributed by atoms with Gasteiger partial charge in [-0.3, -0.25) is 4.98 Å². The van der Waals surface area contributed by atoms with E-state index in [-0.39, 0.29) is 0 Å². The fourth-order valence-corrected chi connectivity index (χ4v) is 1.98. The molecule has 1 rings (SSSR count). The number of hydrogen-bond donors (Lipinski definition) is 1. The maximum atomic E-state index is 4.67. The Kier molecular flexibility index (Phi) is 6.78. The molecule has 0 radical (unpaired) electrons. The van der Waals surface area contributed by atoms with E-state index in [1.807, 2.05) is 12.4 Å². The molecule has 1 aromatic heterocycles. The third-order valence-corrected chi connectivity index (χ3v) is 3.26. The van der Waals surface area contributed by atoms with E-state index in [4.69, 9.17) is 0 Å². The zero-order valence-electron chi connectivity index (χ0n) is 13.0. The molecule has 0 amide bonds. The quantitative estimate of drug-likeness (QED) is 0.784. The second-order valence-electron chi connectivity index (χ2n) is 5.64. The number of anilines is 1. The van der Waals surface area contributed by atoms with Crippen LogP contribution in [-0.2, 0) is 6.54 Å². The molecule has 0 bridgehead atoms. The Morgan fingerprint density at radius 2 is 2.00 bits per heavy atom. The summed E-state index contributed by atoms with van der Waals surface area (Å²) in [4.78, 5) is 11.2. The first-order valence-corrected chi connectivity index (χ1v) is 7.29. The minimum atomic E-state index is 0.498. The fraction of sp³-hybridized carbons (Fsp3) is 0.733. The fourth-order valence-electron chi connectivity index (χ4n) is 1.98. The highest BCUT2D eigenvalue weighted by Gasteiger charge is 2.11. The van der Waals surface area contributed by atoms with Crippen LogP contribution in [0.25, 0.3) is 0 Å². The molecule has 19 heavy (non-hydrogen) atoms. The predicted molar refractivity (Wildman–Crippen MR) is 81.3 cm³/mol. The van der Waals surface area contributed by atoms with Crippen molar-refractivity contribution in [3.63, 3.8) is 0 Å². The van der Waals surface area contributed by atoms with Crippen molar-refractivity contribution in [2.45, 2.75) is 53.1 Å². The average molecular weight is 264 g/mol. The minimum absolute atomic E-state index is 0.498. The van der Waals surface area contributed by atoms with E-state index in [1.54, 1.807) is 0 Å².